The zero-order valence-corrected chi connectivity index (χ0v) is 11.3. The number of fused-ring (bicyclic) bond motifs is 2. The summed E-state index contributed by atoms with van der Waals surface area (Å²) in [6.07, 6.45) is 17.0. The predicted molar refractivity (Wildman–Crippen MR) is 82.5 cm³/mol. The van der Waals surface area contributed by atoms with Crippen molar-refractivity contribution >= 4 is 5.78 Å². The van der Waals surface area contributed by atoms with Gasteiger partial charge in [-0.25, -0.2) is 0 Å². The first-order chi connectivity index (χ1) is 9.74. The summed E-state index contributed by atoms with van der Waals surface area (Å²) in [6, 6.07) is 0. The van der Waals surface area contributed by atoms with Crippen molar-refractivity contribution in [3.8, 4) is 23.7 Å². The fraction of sp³-hybridized carbons (Fsp3) is 0.105. The third kappa shape index (κ3) is 4.48. The predicted octanol–water partition coefficient (Wildman–Crippen LogP) is 3.45. The molecule has 2 aliphatic carbocycles. The first kappa shape index (κ1) is 13.7. The molecule has 0 aromatic rings. The highest BCUT2D eigenvalue weighted by molar-refractivity contribution is 5.99. The number of ketones is 1. The summed E-state index contributed by atoms with van der Waals surface area (Å²) >= 11 is 0. The summed E-state index contributed by atoms with van der Waals surface area (Å²) in [7, 11) is 0. The van der Waals surface area contributed by atoms with Crippen LogP contribution >= 0.6 is 0 Å². The summed E-state index contributed by atoms with van der Waals surface area (Å²) in [5, 5.41) is 0. The van der Waals surface area contributed by atoms with Gasteiger partial charge in [0, 0.05) is 12.0 Å². The number of carbonyl (C=O) groups is 1. The van der Waals surface area contributed by atoms with E-state index in [9.17, 15) is 4.79 Å². The largest absolute Gasteiger partial charge is 0.290 e. The van der Waals surface area contributed by atoms with Crippen LogP contribution in [-0.4, -0.2) is 5.78 Å². The van der Waals surface area contributed by atoms with Crippen molar-refractivity contribution in [3.63, 3.8) is 0 Å². The summed E-state index contributed by atoms with van der Waals surface area (Å²) in [5.74, 6) is 11.6. The Morgan fingerprint density at radius 2 is 1.70 bits per heavy atom. The van der Waals surface area contributed by atoms with Gasteiger partial charge in [0.25, 0.3) is 0 Å². The van der Waals surface area contributed by atoms with E-state index in [0.717, 1.165) is 16.7 Å². The fourth-order valence-corrected chi connectivity index (χ4v) is 1.70. The monoisotopic (exact) mass is 258 g/mol. The van der Waals surface area contributed by atoms with Gasteiger partial charge in [0.05, 0.1) is 0 Å². The van der Waals surface area contributed by atoms with Crippen LogP contribution in [0.2, 0.25) is 0 Å². The second-order valence-electron chi connectivity index (χ2n) is 4.44. The summed E-state index contributed by atoms with van der Waals surface area (Å²) in [4.78, 5) is 11.7. The number of rotatable bonds is 0. The lowest BCUT2D eigenvalue weighted by Crippen LogP contribution is -1.88. The maximum absolute atomic E-state index is 11.7. The minimum Gasteiger partial charge on any atom is -0.290 e. The molecular formula is C19H14O. The van der Waals surface area contributed by atoms with Crippen molar-refractivity contribution in [2.45, 2.75) is 13.3 Å². The van der Waals surface area contributed by atoms with Crippen molar-refractivity contribution in [1.82, 2.24) is 0 Å². The molecular weight excluding hydrogens is 244 g/mol. The lowest BCUT2D eigenvalue weighted by molar-refractivity contribution is -0.110. The van der Waals surface area contributed by atoms with E-state index < -0.39 is 0 Å². The Balaban J connectivity index is 2.39. The van der Waals surface area contributed by atoms with Gasteiger partial charge in [0.1, 0.15) is 0 Å². The van der Waals surface area contributed by atoms with Gasteiger partial charge in [-0.15, -0.1) is 0 Å². The van der Waals surface area contributed by atoms with Gasteiger partial charge in [-0.2, -0.15) is 0 Å². The maximum atomic E-state index is 11.7. The second-order valence-corrected chi connectivity index (χ2v) is 4.44. The van der Waals surface area contributed by atoms with Crippen LogP contribution < -0.4 is 0 Å². The van der Waals surface area contributed by atoms with Crippen LogP contribution in [0.5, 0.6) is 0 Å². The molecule has 0 heterocycles. The van der Waals surface area contributed by atoms with Crippen LogP contribution in [0.3, 0.4) is 0 Å². The van der Waals surface area contributed by atoms with Gasteiger partial charge in [-0.05, 0) is 42.1 Å². The van der Waals surface area contributed by atoms with E-state index in [-0.39, 0.29) is 5.78 Å². The first-order valence-electron chi connectivity index (χ1n) is 6.39. The lowest BCUT2D eigenvalue weighted by Gasteiger charge is -1.98. The molecule has 0 fully saturated rings. The molecule has 0 unspecified atom stereocenters. The van der Waals surface area contributed by atoms with Gasteiger partial charge < -0.3 is 0 Å². The molecule has 0 spiro atoms. The van der Waals surface area contributed by atoms with Gasteiger partial charge in [-0.3, -0.25) is 4.79 Å². The molecule has 2 rings (SSSR count). The van der Waals surface area contributed by atoms with E-state index in [1.54, 1.807) is 18.2 Å². The standard InChI is InChI=1S/C19H14O/c1-16-7-2-3-9-17-10-4-5-11-18(15-17)13-14-19(20)12-6-8-16/h4-6,8,10-14H,15H2,1H3/b12-6+,14-13+,16-8-. The van der Waals surface area contributed by atoms with E-state index in [4.69, 9.17) is 0 Å². The summed E-state index contributed by atoms with van der Waals surface area (Å²) in [6.45, 7) is 1.89. The van der Waals surface area contributed by atoms with Crippen LogP contribution in [0, 0.1) is 23.7 Å². The van der Waals surface area contributed by atoms with Crippen LogP contribution in [0.15, 0.2) is 71.4 Å². The van der Waals surface area contributed by atoms with Crippen molar-refractivity contribution in [2.75, 3.05) is 0 Å². The lowest BCUT2D eigenvalue weighted by atomic mass is 10.1. The average Bonchev–Trinajstić information content (AvgIpc) is 2.66. The van der Waals surface area contributed by atoms with Gasteiger partial charge in [0.2, 0.25) is 0 Å². The number of allylic oxidation sites excluding steroid dienone is 12. The Hall–Kier alpha value is -2.77. The topological polar surface area (TPSA) is 17.1 Å². The Labute approximate surface area is 119 Å². The molecule has 0 aromatic carbocycles. The molecule has 0 amide bonds. The third-order valence-electron chi connectivity index (χ3n) is 2.73. The van der Waals surface area contributed by atoms with Gasteiger partial charge in [-0.1, -0.05) is 54.4 Å². The van der Waals surface area contributed by atoms with E-state index in [1.807, 2.05) is 37.3 Å². The molecule has 2 bridgehead atoms. The molecule has 96 valence electrons. The van der Waals surface area contributed by atoms with E-state index in [0.29, 0.717) is 6.42 Å². The van der Waals surface area contributed by atoms with E-state index in [1.165, 1.54) is 6.08 Å². The SMILES string of the molecule is C/C1=C/C=C/C(=O)/C=C/C2=CC=CC=C(C#CC#C1)C2. The molecule has 0 radical (unpaired) electrons. The number of hydrogen-bond acceptors (Lipinski definition) is 1. The Morgan fingerprint density at radius 3 is 2.60 bits per heavy atom. The zero-order valence-electron chi connectivity index (χ0n) is 11.3. The second kappa shape index (κ2) is 6.98. The molecule has 2 aliphatic rings. The van der Waals surface area contributed by atoms with Crippen molar-refractivity contribution in [2.24, 2.45) is 0 Å². The van der Waals surface area contributed by atoms with Crippen LogP contribution in [0.25, 0.3) is 0 Å². The third-order valence-corrected chi connectivity index (χ3v) is 2.73. The first-order valence-corrected chi connectivity index (χ1v) is 6.39. The Bertz CT molecular complexity index is 711. The summed E-state index contributed by atoms with van der Waals surface area (Å²) < 4.78 is 0. The molecule has 0 aromatic heterocycles. The quantitative estimate of drug-likeness (QED) is 0.608. The van der Waals surface area contributed by atoms with Crippen molar-refractivity contribution < 1.29 is 4.79 Å². The maximum Gasteiger partial charge on any atom is 0.178 e. The summed E-state index contributed by atoms with van der Waals surface area (Å²) in [5.41, 5.74) is 2.92. The Morgan fingerprint density at radius 1 is 0.900 bits per heavy atom. The molecule has 1 nitrogen and oxygen atoms in total. The average molecular weight is 258 g/mol. The highest BCUT2D eigenvalue weighted by atomic mass is 16.1. The highest BCUT2D eigenvalue weighted by Crippen LogP contribution is 2.15. The van der Waals surface area contributed by atoms with Crippen LogP contribution in [-0.2, 0) is 4.79 Å². The molecule has 0 N–H and O–H groups in total. The molecule has 0 saturated carbocycles. The van der Waals surface area contributed by atoms with Crippen molar-refractivity contribution in [1.29, 1.82) is 0 Å². The minimum absolute atomic E-state index is 0.0372. The normalized spacial score (nSPS) is 23.2. The minimum atomic E-state index is -0.0372. The van der Waals surface area contributed by atoms with E-state index in [2.05, 4.69) is 23.7 Å². The van der Waals surface area contributed by atoms with Gasteiger partial charge >= 0.3 is 0 Å². The van der Waals surface area contributed by atoms with Gasteiger partial charge in [0.15, 0.2) is 5.78 Å². The zero-order chi connectivity index (χ0) is 14.2. The fourth-order valence-electron chi connectivity index (χ4n) is 1.70. The smallest absolute Gasteiger partial charge is 0.178 e. The molecule has 20 heavy (non-hydrogen) atoms. The van der Waals surface area contributed by atoms with E-state index >= 15 is 0 Å². The number of hydrogen-bond donors (Lipinski definition) is 0. The van der Waals surface area contributed by atoms with Crippen LogP contribution in [0.4, 0.5) is 0 Å². The van der Waals surface area contributed by atoms with Crippen molar-refractivity contribution in [3.05, 3.63) is 71.4 Å². The van der Waals surface area contributed by atoms with Crippen LogP contribution in [0.1, 0.15) is 13.3 Å². The molecule has 0 aliphatic heterocycles. The Kier molecular flexibility index (Phi) is 4.76. The molecule has 0 atom stereocenters. The molecule has 1 heteroatoms. The highest BCUT2D eigenvalue weighted by Gasteiger charge is 2.00. The molecule has 0 saturated heterocycles. The number of carbonyl (C=O) groups excluding carboxylic acids is 1.